The number of hydrogen-bond acceptors (Lipinski definition) is 2. The van der Waals surface area contributed by atoms with Crippen LogP contribution in [-0.2, 0) is 12.7 Å². The molecule has 0 radical (unpaired) electrons. The summed E-state index contributed by atoms with van der Waals surface area (Å²) in [6.45, 7) is -0.171. The third kappa shape index (κ3) is 3.57. The molecule has 0 bridgehead atoms. The van der Waals surface area contributed by atoms with Gasteiger partial charge >= 0.3 is 6.18 Å². The van der Waals surface area contributed by atoms with Gasteiger partial charge in [0.2, 0.25) is 0 Å². The van der Waals surface area contributed by atoms with Gasteiger partial charge in [-0.15, -0.1) is 0 Å². The van der Waals surface area contributed by atoms with Crippen LogP contribution in [0, 0.1) is 5.82 Å². The summed E-state index contributed by atoms with van der Waals surface area (Å²) in [5, 5.41) is 5.76. The van der Waals surface area contributed by atoms with Crippen LogP contribution in [0.1, 0.15) is 21.5 Å². The Morgan fingerprint density at radius 2 is 2.00 bits per heavy atom. The largest absolute Gasteiger partial charge is 0.416 e. The summed E-state index contributed by atoms with van der Waals surface area (Å²) in [5.74, 6) is -1.40. The van der Waals surface area contributed by atoms with Crippen molar-refractivity contribution in [2.24, 2.45) is 0 Å². The molecule has 20 heavy (non-hydrogen) atoms. The molecule has 1 heterocycles. The Morgan fingerprint density at radius 3 is 2.60 bits per heavy atom. The summed E-state index contributed by atoms with van der Waals surface area (Å²) in [5.41, 5.74) is -0.597. The highest BCUT2D eigenvalue weighted by Crippen LogP contribution is 2.30. The van der Waals surface area contributed by atoms with Gasteiger partial charge in [-0.3, -0.25) is 4.79 Å². The molecule has 0 atom stereocenters. The van der Waals surface area contributed by atoms with Gasteiger partial charge < -0.3 is 5.32 Å². The van der Waals surface area contributed by atoms with Crippen LogP contribution in [0.2, 0.25) is 0 Å². The topological polar surface area (TPSA) is 29.1 Å². The molecule has 7 heteroatoms. The van der Waals surface area contributed by atoms with Crippen molar-refractivity contribution in [3.63, 3.8) is 0 Å². The van der Waals surface area contributed by atoms with Gasteiger partial charge in [0.1, 0.15) is 5.82 Å². The molecule has 1 aromatic heterocycles. The third-order valence-electron chi connectivity index (χ3n) is 2.52. The monoisotopic (exact) mass is 303 g/mol. The molecular weight excluding hydrogens is 294 g/mol. The van der Waals surface area contributed by atoms with Crippen LogP contribution in [0.15, 0.2) is 35.0 Å². The Balaban J connectivity index is 2.10. The lowest BCUT2D eigenvalue weighted by Crippen LogP contribution is -2.22. The molecule has 0 aliphatic carbocycles. The average Bonchev–Trinajstić information content (AvgIpc) is 2.88. The molecule has 1 aromatic carbocycles. The van der Waals surface area contributed by atoms with Crippen molar-refractivity contribution in [1.82, 2.24) is 5.32 Å². The van der Waals surface area contributed by atoms with E-state index in [-0.39, 0.29) is 12.1 Å². The molecule has 0 spiro atoms. The summed E-state index contributed by atoms with van der Waals surface area (Å²) < 4.78 is 50.7. The summed E-state index contributed by atoms with van der Waals surface area (Å²) >= 11 is 1.33. The number of carbonyl (C=O) groups is 1. The Kier molecular flexibility index (Phi) is 4.08. The minimum Gasteiger partial charge on any atom is -0.348 e. The first-order valence-corrected chi connectivity index (χ1v) is 6.47. The Hall–Kier alpha value is -1.89. The Morgan fingerprint density at radius 1 is 1.25 bits per heavy atom. The fourth-order valence-corrected chi connectivity index (χ4v) is 2.23. The van der Waals surface area contributed by atoms with Crippen molar-refractivity contribution in [1.29, 1.82) is 0 Å². The fraction of sp³-hybridized carbons (Fsp3) is 0.154. The molecule has 0 saturated heterocycles. The van der Waals surface area contributed by atoms with E-state index in [1.54, 1.807) is 16.8 Å². The zero-order chi connectivity index (χ0) is 14.8. The number of alkyl halides is 3. The van der Waals surface area contributed by atoms with Crippen molar-refractivity contribution >= 4 is 17.2 Å². The summed E-state index contributed by atoms with van der Waals surface area (Å²) in [4.78, 5) is 11.6. The first-order valence-electron chi connectivity index (χ1n) is 5.53. The molecule has 0 fully saturated rings. The van der Waals surface area contributed by atoms with Crippen molar-refractivity contribution in [2.45, 2.75) is 12.7 Å². The lowest BCUT2D eigenvalue weighted by molar-refractivity contribution is -0.137. The van der Waals surface area contributed by atoms with E-state index in [0.717, 1.165) is 12.1 Å². The average molecular weight is 303 g/mol. The summed E-state index contributed by atoms with van der Waals surface area (Å²) in [6, 6.07) is 3.79. The van der Waals surface area contributed by atoms with Gasteiger partial charge in [-0.05, 0) is 35.2 Å². The molecule has 2 rings (SSSR count). The maximum atomic E-state index is 13.1. The molecule has 2 aromatic rings. The normalized spacial score (nSPS) is 11.4. The van der Waals surface area contributed by atoms with Gasteiger partial charge in [-0.1, -0.05) is 0 Å². The lowest BCUT2D eigenvalue weighted by Gasteiger charge is -2.10. The number of nitrogens with one attached hydrogen (secondary N) is 1. The van der Waals surface area contributed by atoms with Crippen LogP contribution in [0.4, 0.5) is 17.6 Å². The quantitative estimate of drug-likeness (QED) is 0.858. The van der Waals surface area contributed by atoms with Crippen molar-refractivity contribution < 1.29 is 22.4 Å². The molecule has 0 saturated carbocycles. The summed E-state index contributed by atoms with van der Waals surface area (Å²) in [6.07, 6.45) is -4.62. The highest BCUT2D eigenvalue weighted by molar-refractivity contribution is 7.08. The minimum atomic E-state index is -4.62. The third-order valence-corrected chi connectivity index (χ3v) is 3.20. The first kappa shape index (κ1) is 14.5. The van der Waals surface area contributed by atoms with Crippen LogP contribution in [0.25, 0.3) is 0 Å². The van der Waals surface area contributed by atoms with E-state index in [9.17, 15) is 22.4 Å². The molecule has 106 valence electrons. The van der Waals surface area contributed by atoms with E-state index in [1.165, 1.54) is 11.3 Å². The zero-order valence-corrected chi connectivity index (χ0v) is 10.8. The van der Waals surface area contributed by atoms with Gasteiger partial charge in [0.25, 0.3) is 5.91 Å². The predicted octanol–water partition coefficient (Wildman–Crippen LogP) is 3.84. The standard InChI is InChI=1S/C13H9F4NOS/c14-11-4-8(3-10(5-11)13(15,16)17)6-18-12(19)9-1-2-20-7-9/h1-5,7H,6H2,(H,18,19). The van der Waals surface area contributed by atoms with Crippen molar-refractivity contribution in [2.75, 3.05) is 0 Å². The molecule has 0 unspecified atom stereocenters. The molecule has 0 aliphatic rings. The number of hydrogen-bond donors (Lipinski definition) is 1. The van der Waals surface area contributed by atoms with E-state index < -0.39 is 23.5 Å². The first-order chi connectivity index (χ1) is 9.36. The molecule has 1 N–H and O–H groups in total. The van der Waals surface area contributed by atoms with Crippen LogP contribution in [0.3, 0.4) is 0 Å². The van der Waals surface area contributed by atoms with Gasteiger partial charge in [0.15, 0.2) is 0 Å². The van der Waals surface area contributed by atoms with Crippen LogP contribution in [0.5, 0.6) is 0 Å². The second kappa shape index (κ2) is 5.62. The second-order valence-corrected chi connectivity index (χ2v) is 4.82. The number of benzene rings is 1. The van der Waals surface area contributed by atoms with E-state index in [2.05, 4.69) is 5.32 Å². The Bertz CT molecular complexity index is 607. The SMILES string of the molecule is O=C(NCc1cc(F)cc(C(F)(F)F)c1)c1ccsc1. The molecular formula is C13H9F4NOS. The van der Waals surface area contributed by atoms with E-state index in [1.807, 2.05) is 0 Å². The number of thiophene rings is 1. The van der Waals surface area contributed by atoms with Gasteiger partial charge in [0.05, 0.1) is 5.56 Å². The molecule has 0 aliphatic heterocycles. The number of carbonyl (C=O) groups excluding carboxylic acids is 1. The fourth-order valence-electron chi connectivity index (χ4n) is 1.59. The minimum absolute atomic E-state index is 0.0564. The van der Waals surface area contributed by atoms with Gasteiger partial charge in [0, 0.05) is 17.5 Å². The smallest absolute Gasteiger partial charge is 0.348 e. The maximum absolute atomic E-state index is 13.1. The highest BCUT2D eigenvalue weighted by atomic mass is 32.1. The van der Waals surface area contributed by atoms with Crippen molar-refractivity contribution in [3.05, 3.63) is 57.5 Å². The number of amides is 1. The predicted molar refractivity (Wildman–Crippen MR) is 66.9 cm³/mol. The summed E-state index contributed by atoms with van der Waals surface area (Å²) in [7, 11) is 0. The molecule has 2 nitrogen and oxygen atoms in total. The zero-order valence-electron chi connectivity index (χ0n) is 10.00. The van der Waals surface area contributed by atoms with Gasteiger partial charge in [-0.2, -0.15) is 24.5 Å². The Labute approximate surface area is 116 Å². The van der Waals surface area contributed by atoms with Gasteiger partial charge in [-0.25, -0.2) is 4.39 Å². The highest BCUT2D eigenvalue weighted by Gasteiger charge is 2.31. The number of rotatable bonds is 3. The van der Waals surface area contributed by atoms with Crippen LogP contribution in [-0.4, -0.2) is 5.91 Å². The van der Waals surface area contributed by atoms with E-state index in [4.69, 9.17) is 0 Å². The van der Waals surface area contributed by atoms with Crippen molar-refractivity contribution in [3.8, 4) is 0 Å². The van der Waals surface area contributed by atoms with E-state index >= 15 is 0 Å². The molecule has 1 amide bonds. The van der Waals surface area contributed by atoms with Crippen LogP contribution < -0.4 is 5.32 Å². The van der Waals surface area contributed by atoms with Crippen LogP contribution >= 0.6 is 11.3 Å². The van der Waals surface area contributed by atoms with E-state index in [0.29, 0.717) is 11.6 Å². The lowest BCUT2D eigenvalue weighted by atomic mass is 10.1. The number of halogens is 4. The second-order valence-electron chi connectivity index (χ2n) is 4.04. The maximum Gasteiger partial charge on any atom is 0.416 e.